The molecule has 0 rings (SSSR count). The van der Waals surface area contributed by atoms with Crippen molar-refractivity contribution in [2.45, 2.75) is 257 Å². The molecule has 0 aromatic carbocycles. The van der Waals surface area contributed by atoms with Gasteiger partial charge in [-0.25, -0.2) is 4.79 Å². The first kappa shape index (κ1) is 56.3. The molecule has 59 heavy (non-hydrogen) atoms. The molecule has 9 heteroatoms. The molecule has 0 aromatic rings. The topological polar surface area (TPSA) is 142 Å². The monoisotopic (exact) mass is 833 g/mol. The zero-order valence-corrected chi connectivity index (χ0v) is 38.3. The molecule has 0 aliphatic rings. The van der Waals surface area contributed by atoms with Gasteiger partial charge in [0.15, 0.2) is 0 Å². The van der Waals surface area contributed by atoms with E-state index in [1.165, 1.54) is 148 Å². The summed E-state index contributed by atoms with van der Waals surface area (Å²) in [4.78, 5) is 47.5. The van der Waals surface area contributed by atoms with Crippen molar-refractivity contribution in [2.24, 2.45) is 0 Å². The molecule has 0 saturated carbocycles. The van der Waals surface area contributed by atoms with E-state index in [0.29, 0.717) is 19.3 Å². The standard InChI is InChI=1S/C50H92N2O7/c1-3-5-7-9-11-13-14-15-16-17-18-19-20-21-22-23-24-26-28-34-38-42-49(56)59-45(39-35-31-27-25-12-10-8-6-4-2)40-36-32-29-30-33-37-41-47(54)51-43-48(55)52-46(44-53)50(57)58/h25,27,35,39,45-46,53H,3-24,26,28-34,36-38,40-44H2,1-2H3,(H,51,54)(H,52,55)(H,57,58)/b27-25-,39-35-. The van der Waals surface area contributed by atoms with Crippen LogP contribution in [0.15, 0.2) is 24.3 Å². The number of rotatable bonds is 45. The lowest BCUT2D eigenvalue weighted by Gasteiger charge is -2.15. The van der Waals surface area contributed by atoms with Crippen molar-refractivity contribution in [3.63, 3.8) is 0 Å². The van der Waals surface area contributed by atoms with Gasteiger partial charge in [-0.3, -0.25) is 14.4 Å². The summed E-state index contributed by atoms with van der Waals surface area (Å²) in [5.41, 5.74) is 0. The quantitative estimate of drug-likeness (QED) is 0.0272. The average Bonchev–Trinajstić information content (AvgIpc) is 3.22. The summed E-state index contributed by atoms with van der Waals surface area (Å²) in [5, 5.41) is 22.5. The van der Waals surface area contributed by atoms with E-state index in [4.69, 9.17) is 14.9 Å². The fraction of sp³-hybridized carbons (Fsp3) is 0.840. The molecule has 0 saturated heterocycles. The van der Waals surface area contributed by atoms with Crippen molar-refractivity contribution in [1.29, 1.82) is 0 Å². The molecule has 9 nitrogen and oxygen atoms in total. The van der Waals surface area contributed by atoms with Gasteiger partial charge in [0.05, 0.1) is 13.2 Å². The maximum atomic E-state index is 12.8. The highest BCUT2D eigenvalue weighted by atomic mass is 16.5. The van der Waals surface area contributed by atoms with Crippen LogP contribution in [0, 0.1) is 0 Å². The molecule has 0 fully saturated rings. The Balaban J connectivity index is 4.14. The van der Waals surface area contributed by atoms with Crippen molar-refractivity contribution in [1.82, 2.24) is 10.6 Å². The van der Waals surface area contributed by atoms with Crippen molar-refractivity contribution in [3.8, 4) is 0 Å². The van der Waals surface area contributed by atoms with Gasteiger partial charge >= 0.3 is 11.9 Å². The van der Waals surface area contributed by atoms with Crippen molar-refractivity contribution >= 4 is 23.8 Å². The minimum absolute atomic E-state index is 0.0882. The van der Waals surface area contributed by atoms with Crippen LogP contribution in [0.5, 0.6) is 0 Å². The number of allylic oxidation sites excluding steroid dienone is 3. The minimum Gasteiger partial charge on any atom is -0.480 e. The predicted molar refractivity (Wildman–Crippen MR) is 245 cm³/mol. The van der Waals surface area contributed by atoms with Crippen molar-refractivity contribution < 1.29 is 34.1 Å². The Labute approximate surface area is 362 Å². The number of aliphatic hydroxyl groups excluding tert-OH is 1. The normalized spacial score (nSPS) is 12.6. The highest BCUT2D eigenvalue weighted by molar-refractivity contribution is 5.87. The van der Waals surface area contributed by atoms with Gasteiger partial charge in [-0.05, 0) is 51.0 Å². The highest BCUT2D eigenvalue weighted by Gasteiger charge is 2.18. The molecular formula is C50H92N2O7. The van der Waals surface area contributed by atoms with Crippen LogP contribution in [0.4, 0.5) is 0 Å². The van der Waals surface area contributed by atoms with Crippen LogP contribution in [0.25, 0.3) is 0 Å². The number of aliphatic carboxylic acids is 1. The summed E-state index contributed by atoms with van der Waals surface area (Å²) in [6.45, 7) is 3.48. The number of aliphatic hydroxyl groups is 1. The van der Waals surface area contributed by atoms with Crippen molar-refractivity contribution in [3.05, 3.63) is 24.3 Å². The number of nitrogens with one attached hydrogen (secondary N) is 2. The summed E-state index contributed by atoms with van der Waals surface area (Å²) < 4.78 is 5.95. The first-order valence-electron chi connectivity index (χ1n) is 24.7. The molecule has 344 valence electrons. The molecule has 2 atom stereocenters. The first-order valence-corrected chi connectivity index (χ1v) is 24.7. The molecule has 2 amide bonds. The molecule has 0 bridgehead atoms. The zero-order valence-electron chi connectivity index (χ0n) is 38.3. The van der Waals surface area contributed by atoms with Crippen molar-refractivity contribution in [2.75, 3.05) is 13.2 Å². The zero-order chi connectivity index (χ0) is 43.3. The third kappa shape index (κ3) is 41.8. The Morgan fingerprint density at radius 1 is 0.525 bits per heavy atom. The fourth-order valence-corrected chi connectivity index (χ4v) is 7.37. The van der Waals surface area contributed by atoms with E-state index >= 15 is 0 Å². The summed E-state index contributed by atoms with van der Waals surface area (Å²) in [5.74, 6) is -2.33. The summed E-state index contributed by atoms with van der Waals surface area (Å²) in [6, 6.07) is -1.38. The van der Waals surface area contributed by atoms with Gasteiger partial charge in [0.25, 0.3) is 0 Å². The van der Waals surface area contributed by atoms with E-state index in [2.05, 4.69) is 48.8 Å². The molecule has 0 aliphatic heterocycles. The van der Waals surface area contributed by atoms with Crippen LogP contribution >= 0.6 is 0 Å². The Morgan fingerprint density at radius 3 is 1.44 bits per heavy atom. The minimum atomic E-state index is -1.38. The molecule has 2 unspecified atom stereocenters. The Hall–Kier alpha value is -2.68. The maximum absolute atomic E-state index is 12.8. The number of hydrogen-bond donors (Lipinski definition) is 4. The lowest BCUT2D eigenvalue weighted by molar-refractivity contribution is -0.147. The second kappa shape index (κ2) is 44.9. The number of carbonyl (C=O) groups is 4. The predicted octanol–water partition coefficient (Wildman–Crippen LogP) is 12.8. The molecule has 0 aliphatic carbocycles. The molecule has 0 radical (unpaired) electrons. The van der Waals surface area contributed by atoms with Gasteiger partial charge in [0.1, 0.15) is 12.1 Å². The molecule has 0 aromatic heterocycles. The number of esters is 1. The largest absolute Gasteiger partial charge is 0.480 e. The van der Waals surface area contributed by atoms with Gasteiger partial charge in [-0.2, -0.15) is 0 Å². The third-order valence-corrected chi connectivity index (χ3v) is 11.2. The SMILES string of the molecule is CCCCCC/C=C\C/C=C\C(CCCCCCCCC(=O)NCC(=O)NC(CO)C(=O)O)OC(=O)CCCCCCCCCCCCCCCCCCCCCCC. The second-order valence-electron chi connectivity index (χ2n) is 16.9. The molecule has 0 heterocycles. The Morgan fingerprint density at radius 2 is 0.966 bits per heavy atom. The van der Waals surface area contributed by atoms with E-state index in [1.54, 1.807) is 0 Å². The second-order valence-corrected chi connectivity index (χ2v) is 16.9. The Kier molecular flexibility index (Phi) is 42.8. The van der Waals surface area contributed by atoms with Gasteiger partial charge < -0.3 is 25.6 Å². The molecule has 4 N–H and O–H groups in total. The van der Waals surface area contributed by atoms with Gasteiger partial charge in [-0.1, -0.05) is 205 Å². The molecular weight excluding hydrogens is 741 g/mol. The van der Waals surface area contributed by atoms with Gasteiger partial charge in [-0.15, -0.1) is 0 Å². The van der Waals surface area contributed by atoms with Gasteiger partial charge in [0, 0.05) is 12.8 Å². The number of ether oxygens (including phenoxy) is 1. The number of unbranched alkanes of at least 4 members (excludes halogenated alkanes) is 29. The lowest BCUT2D eigenvalue weighted by Crippen LogP contribution is -2.47. The van der Waals surface area contributed by atoms with E-state index < -0.39 is 24.5 Å². The third-order valence-electron chi connectivity index (χ3n) is 11.2. The first-order chi connectivity index (χ1) is 28.8. The number of carboxylic acid groups (broad SMARTS) is 1. The number of hydrogen-bond acceptors (Lipinski definition) is 6. The van der Waals surface area contributed by atoms with Gasteiger partial charge in [0.2, 0.25) is 11.8 Å². The maximum Gasteiger partial charge on any atom is 0.328 e. The Bertz CT molecular complexity index is 1050. The highest BCUT2D eigenvalue weighted by Crippen LogP contribution is 2.17. The van der Waals surface area contributed by atoms with E-state index in [9.17, 15) is 19.2 Å². The van der Waals surface area contributed by atoms with Crippen LogP contribution in [0.2, 0.25) is 0 Å². The smallest absolute Gasteiger partial charge is 0.328 e. The lowest BCUT2D eigenvalue weighted by atomic mass is 10.0. The van der Waals surface area contributed by atoms with Crippen LogP contribution in [0.3, 0.4) is 0 Å². The number of carbonyl (C=O) groups excluding carboxylic acids is 3. The van der Waals surface area contributed by atoms with E-state index in [-0.39, 0.29) is 24.5 Å². The number of carboxylic acids is 1. The number of amides is 2. The van der Waals surface area contributed by atoms with Crippen LogP contribution < -0.4 is 10.6 Å². The summed E-state index contributed by atoms with van der Waals surface area (Å²) in [7, 11) is 0. The fourth-order valence-electron chi connectivity index (χ4n) is 7.37. The van der Waals surface area contributed by atoms with E-state index in [1.807, 2.05) is 0 Å². The van der Waals surface area contributed by atoms with E-state index in [0.717, 1.165) is 64.2 Å². The van der Waals surface area contributed by atoms with Crippen LogP contribution in [-0.2, 0) is 23.9 Å². The summed E-state index contributed by atoms with van der Waals surface area (Å²) in [6.07, 6.45) is 51.0. The van der Waals surface area contributed by atoms with Crippen LogP contribution in [0.1, 0.15) is 245 Å². The van der Waals surface area contributed by atoms with Crippen LogP contribution in [-0.4, -0.2) is 59.3 Å². The average molecular weight is 833 g/mol. The summed E-state index contributed by atoms with van der Waals surface area (Å²) >= 11 is 0. The molecule has 0 spiro atoms.